The van der Waals surface area contributed by atoms with Gasteiger partial charge >= 0.3 is 0 Å². The molecule has 0 N–H and O–H groups in total. The summed E-state index contributed by atoms with van der Waals surface area (Å²) in [5, 5.41) is 0. The van der Waals surface area contributed by atoms with Crippen LogP contribution in [0, 0.1) is 0 Å². The molecule has 1 aromatic rings. The van der Waals surface area contributed by atoms with Crippen LogP contribution in [0.2, 0.25) is 0 Å². The predicted molar refractivity (Wildman–Crippen MR) is 68.2 cm³/mol. The van der Waals surface area contributed by atoms with Crippen molar-refractivity contribution >= 4 is 0 Å². The summed E-state index contributed by atoms with van der Waals surface area (Å²) < 4.78 is 0. The Balaban J connectivity index is 2.05. The van der Waals surface area contributed by atoms with E-state index in [9.17, 15) is 0 Å². The predicted octanol–water partition coefficient (Wildman–Crippen LogP) is 2.56. The maximum atomic E-state index is 2.58. The van der Waals surface area contributed by atoms with E-state index in [2.05, 4.69) is 60.9 Å². The van der Waals surface area contributed by atoms with Crippen LogP contribution in [0.25, 0.3) is 0 Å². The smallest absolute Gasteiger partial charge is 0.0599 e. The molecule has 2 atom stereocenters. The van der Waals surface area contributed by atoms with Gasteiger partial charge in [0.25, 0.3) is 0 Å². The number of nitrogens with zero attached hydrogens (tertiary/aromatic N) is 2. The first-order valence-electron chi connectivity index (χ1n) is 6.26. The average molecular weight is 218 g/mol. The molecule has 1 aromatic carbocycles. The zero-order chi connectivity index (χ0) is 11.5. The zero-order valence-electron chi connectivity index (χ0n) is 10.6. The monoisotopic (exact) mass is 218 g/mol. The largest absolute Gasteiger partial charge is 0.287 e. The van der Waals surface area contributed by atoms with E-state index in [1.165, 1.54) is 12.1 Å². The van der Waals surface area contributed by atoms with Gasteiger partial charge in [0, 0.05) is 19.1 Å². The number of rotatable bonds is 3. The third-order valence-electron chi connectivity index (χ3n) is 3.69. The second-order valence-electron chi connectivity index (χ2n) is 4.73. The summed E-state index contributed by atoms with van der Waals surface area (Å²) in [6.45, 7) is 10.3. The van der Waals surface area contributed by atoms with Gasteiger partial charge in [-0.2, -0.15) is 0 Å². The molecule has 2 heteroatoms. The lowest BCUT2D eigenvalue weighted by Gasteiger charge is -2.27. The second-order valence-corrected chi connectivity index (χ2v) is 4.73. The molecule has 2 nitrogen and oxygen atoms in total. The summed E-state index contributed by atoms with van der Waals surface area (Å²) in [4.78, 5) is 5.12. The third-order valence-corrected chi connectivity index (χ3v) is 3.69. The Hall–Kier alpha value is -0.860. The Kier molecular flexibility index (Phi) is 3.62. The van der Waals surface area contributed by atoms with Crippen molar-refractivity contribution in [3.63, 3.8) is 0 Å². The van der Waals surface area contributed by atoms with Crippen molar-refractivity contribution < 1.29 is 0 Å². The van der Waals surface area contributed by atoms with Crippen molar-refractivity contribution in [2.24, 2.45) is 0 Å². The summed E-state index contributed by atoms with van der Waals surface area (Å²) in [7, 11) is 0. The molecule has 0 aromatic heterocycles. The van der Waals surface area contributed by atoms with Gasteiger partial charge in [0.2, 0.25) is 0 Å². The first-order chi connectivity index (χ1) is 7.72. The highest BCUT2D eigenvalue weighted by Crippen LogP contribution is 2.22. The molecule has 88 valence electrons. The number of likely N-dealkylation sites (N-methyl/N-ethyl adjacent to an activating group) is 1. The molecule has 2 unspecified atom stereocenters. The lowest BCUT2D eigenvalue weighted by molar-refractivity contribution is 0.137. The molecule has 0 amide bonds. The van der Waals surface area contributed by atoms with E-state index in [0.29, 0.717) is 12.2 Å². The van der Waals surface area contributed by atoms with Crippen LogP contribution in [0.15, 0.2) is 30.3 Å². The normalized spacial score (nSPS) is 27.4. The van der Waals surface area contributed by atoms with Crippen molar-refractivity contribution in [1.29, 1.82) is 0 Å². The van der Waals surface area contributed by atoms with Crippen LogP contribution in [0.4, 0.5) is 0 Å². The summed E-state index contributed by atoms with van der Waals surface area (Å²) in [5.41, 5.74) is 1.42. The molecule has 0 aliphatic carbocycles. The Labute approximate surface area is 98.9 Å². The van der Waals surface area contributed by atoms with E-state index >= 15 is 0 Å². The molecule has 2 rings (SSSR count). The van der Waals surface area contributed by atoms with Gasteiger partial charge in [-0.05, 0) is 26.0 Å². The van der Waals surface area contributed by atoms with E-state index in [-0.39, 0.29) is 0 Å². The summed E-state index contributed by atoms with van der Waals surface area (Å²) in [5.74, 6) is 0. The zero-order valence-corrected chi connectivity index (χ0v) is 10.6. The lowest BCUT2D eigenvalue weighted by atomic mass is 10.2. The molecule has 1 aliphatic heterocycles. The SMILES string of the molecule is CCN1CC(C)N(Cc2ccccc2)C1C. The van der Waals surface area contributed by atoms with Crippen molar-refractivity contribution in [3.8, 4) is 0 Å². The molecule has 0 saturated carbocycles. The standard InChI is InChI=1S/C14H22N2/c1-4-15-10-12(2)16(13(15)3)11-14-8-6-5-7-9-14/h5-9,12-13H,4,10-11H2,1-3H3. The van der Waals surface area contributed by atoms with E-state index in [4.69, 9.17) is 0 Å². The van der Waals surface area contributed by atoms with Gasteiger partial charge in [0.15, 0.2) is 0 Å². The Morgan fingerprint density at radius 1 is 1.19 bits per heavy atom. The quantitative estimate of drug-likeness (QED) is 0.769. The van der Waals surface area contributed by atoms with Crippen LogP contribution in [0.1, 0.15) is 26.3 Å². The van der Waals surface area contributed by atoms with Gasteiger partial charge in [-0.15, -0.1) is 0 Å². The molecule has 1 aliphatic rings. The van der Waals surface area contributed by atoms with Gasteiger partial charge in [-0.3, -0.25) is 9.80 Å². The highest BCUT2D eigenvalue weighted by atomic mass is 15.4. The van der Waals surface area contributed by atoms with E-state index < -0.39 is 0 Å². The molecule has 1 fully saturated rings. The molecule has 0 spiro atoms. The van der Waals surface area contributed by atoms with E-state index in [1.54, 1.807) is 0 Å². The molecule has 1 heterocycles. The van der Waals surface area contributed by atoms with Crippen molar-refractivity contribution in [3.05, 3.63) is 35.9 Å². The molecular weight excluding hydrogens is 196 g/mol. The van der Waals surface area contributed by atoms with Crippen molar-refractivity contribution in [2.75, 3.05) is 13.1 Å². The Morgan fingerprint density at radius 3 is 2.44 bits per heavy atom. The number of hydrogen-bond donors (Lipinski definition) is 0. The molecule has 16 heavy (non-hydrogen) atoms. The van der Waals surface area contributed by atoms with Crippen LogP contribution in [-0.4, -0.2) is 35.1 Å². The fourth-order valence-electron chi connectivity index (χ4n) is 2.65. The third kappa shape index (κ3) is 2.28. The second kappa shape index (κ2) is 4.98. The van der Waals surface area contributed by atoms with E-state index in [1.807, 2.05) is 0 Å². The molecule has 0 bridgehead atoms. The van der Waals surface area contributed by atoms with Crippen LogP contribution in [0.5, 0.6) is 0 Å². The van der Waals surface area contributed by atoms with Crippen LogP contribution in [0.3, 0.4) is 0 Å². The van der Waals surface area contributed by atoms with Gasteiger partial charge in [-0.25, -0.2) is 0 Å². The van der Waals surface area contributed by atoms with Crippen LogP contribution in [-0.2, 0) is 6.54 Å². The maximum Gasteiger partial charge on any atom is 0.0599 e. The summed E-state index contributed by atoms with van der Waals surface area (Å²) in [6, 6.07) is 11.4. The molecule has 1 saturated heterocycles. The van der Waals surface area contributed by atoms with Gasteiger partial charge in [0.1, 0.15) is 0 Å². The first kappa shape index (κ1) is 11.6. The topological polar surface area (TPSA) is 6.48 Å². The first-order valence-corrected chi connectivity index (χ1v) is 6.26. The highest BCUT2D eigenvalue weighted by Gasteiger charge is 2.32. The van der Waals surface area contributed by atoms with Gasteiger partial charge in [-0.1, -0.05) is 37.3 Å². The van der Waals surface area contributed by atoms with Gasteiger partial charge < -0.3 is 0 Å². The van der Waals surface area contributed by atoms with Crippen molar-refractivity contribution in [2.45, 2.75) is 39.5 Å². The van der Waals surface area contributed by atoms with Gasteiger partial charge in [0.05, 0.1) is 6.17 Å². The maximum absolute atomic E-state index is 2.58. The highest BCUT2D eigenvalue weighted by molar-refractivity contribution is 5.15. The Morgan fingerprint density at radius 2 is 1.88 bits per heavy atom. The lowest BCUT2D eigenvalue weighted by Crippen LogP contribution is -2.37. The minimum Gasteiger partial charge on any atom is -0.287 e. The molecule has 0 radical (unpaired) electrons. The van der Waals surface area contributed by atoms with E-state index in [0.717, 1.165) is 13.1 Å². The number of hydrogen-bond acceptors (Lipinski definition) is 2. The summed E-state index contributed by atoms with van der Waals surface area (Å²) in [6.07, 6.45) is 0.570. The summed E-state index contributed by atoms with van der Waals surface area (Å²) >= 11 is 0. The fourth-order valence-corrected chi connectivity index (χ4v) is 2.65. The van der Waals surface area contributed by atoms with Crippen LogP contribution >= 0.6 is 0 Å². The fraction of sp³-hybridized carbons (Fsp3) is 0.571. The minimum atomic E-state index is 0.570. The van der Waals surface area contributed by atoms with Crippen molar-refractivity contribution in [1.82, 2.24) is 9.80 Å². The Bertz CT molecular complexity index is 323. The molecular formula is C14H22N2. The minimum absolute atomic E-state index is 0.570. The average Bonchev–Trinajstić information content (AvgIpc) is 2.58. The number of benzene rings is 1. The van der Waals surface area contributed by atoms with Crippen LogP contribution < -0.4 is 0 Å².